The van der Waals surface area contributed by atoms with Gasteiger partial charge in [-0.2, -0.15) is 0 Å². The number of carbonyl (C=O) groups is 1. The summed E-state index contributed by atoms with van der Waals surface area (Å²) in [5, 5.41) is 0.486. The number of pyridine rings is 1. The average Bonchev–Trinajstić information content (AvgIpc) is 2.53. The quantitative estimate of drug-likeness (QED) is 0.839. The Morgan fingerprint density at radius 2 is 2.05 bits per heavy atom. The van der Waals surface area contributed by atoms with Gasteiger partial charge in [0.2, 0.25) is 0 Å². The predicted octanol–water partition coefficient (Wildman–Crippen LogP) is 2.93. The first-order valence-electron chi connectivity index (χ1n) is 7.76. The van der Waals surface area contributed by atoms with E-state index in [-0.39, 0.29) is 5.91 Å². The summed E-state index contributed by atoms with van der Waals surface area (Å²) in [5.41, 5.74) is 0.515. The van der Waals surface area contributed by atoms with Crippen LogP contribution in [0.1, 0.15) is 37.0 Å². The van der Waals surface area contributed by atoms with E-state index in [0.717, 1.165) is 45.6 Å². The highest BCUT2D eigenvalue weighted by Crippen LogP contribution is 2.22. The highest BCUT2D eigenvalue weighted by atomic mass is 35.5. The van der Waals surface area contributed by atoms with Crippen molar-refractivity contribution >= 4 is 17.5 Å². The van der Waals surface area contributed by atoms with Crippen LogP contribution in [0.4, 0.5) is 0 Å². The minimum absolute atomic E-state index is 0.00869. The fourth-order valence-electron chi connectivity index (χ4n) is 2.87. The van der Waals surface area contributed by atoms with Crippen LogP contribution in [0.15, 0.2) is 18.5 Å². The highest BCUT2D eigenvalue weighted by molar-refractivity contribution is 6.33. The summed E-state index contributed by atoms with van der Waals surface area (Å²) in [6.45, 7) is 9.37. The topological polar surface area (TPSA) is 36.4 Å². The molecule has 1 aromatic rings. The van der Waals surface area contributed by atoms with Crippen molar-refractivity contribution in [3.8, 4) is 0 Å². The summed E-state index contributed by atoms with van der Waals surface area (Å²) < 4.78 is 0. The molecule has 0 atom stereocenters. The van der Waals surface area contributed by atoms with Gasteiger partial charge in [-0.3, -0.25) is 9.78 Å². The van der Waals surface area contributed by atoms with Gasteiger partial charge in [0.05, 0.1) is 10.6 Å². The van der Waals surface area contributed by atoms with Crippen molar-refractivity contribution in [2.75, 3.05) is 32.7 Å². The summed E-state index contributed by atoms with van der Waals surface area (Å²) >= 11 is 6.08. The molecule has 116 valence electrons. The van der Waals surface area contributed by atoms with Gasteiger partial charge in [0, 0.05) is 32.0 Å². The van der Waals surface area contributed by atoms with Crippen LogP contribution < -0.4 is 0 Å². The molecule has 1 amide bonds. The van der Waals surface area contributed by atoms with Gasteiger partial charge in [-0.1, -0.05) is 25.4 Å². The van der Waals surface area contributed by atoms with Crippen LogP contribution in [-0.2, 0) is 0 Å². The molecule has 1 aliphatic heterocycles. The number of nitrogens with zero attached hydrogens (tertiary/aromatic N) is 3. The molecule has 5 heteroatoms. The summed E-state index contributed by atoms with van der Waals surface area (Å²) in [6, 6.07) is 1.67. The lowest BCUT2D eigenvalue weighted by Gasteiger charge is -2.34. The fourth-order valence-corrected chi connectivity index (χ4v) is 3.06. The minimum atomic E-state index is 0.00869. The first-order chi connectivity index (χ1) is 10.2. The van der Waals surface area contributed by atoms with Gasteiger partial charge < -0.3 is 9.80 Å². The van der Waals surface area contributed by atoms with Crippen molar-refractivity contribution < 1.29 is 4.79 Å². The Bertz CT molecular complexity index is 468. The van der Waals surface area contributed by atoms with Gasteiger partial charge in [0.15, 0.2) is 0 Å². The molecule has 1 aliphatic rings. The van der Waals surface area contributed by atoms with Crippen molar-refractivity contribution in [1.29, 1.82) is 0 Å². The van der Waals surface area contributed by atoms with Crippen LogP contribution in [0.2, 0.25) is 5.02 Å². The number of rotatable bonds is 5. The van der Waals surface area contributed by atoms with Gasteiger partial charge in [0.25, 0.3) is 5.91 Å². The van der Waals surface area contributed by atoms with Gasteiger partial charge in [-0.05, 0) is 37.9 Å². The van der Waals surface area contributed by atoms with Crippen LogP contribution >= 0.6 is 11.6 Å². The molecular formula is C16H24ClN3O. The molecule has 0 unspecified atom stereocenters. The smallest absolute Gasteiger partial charge is 0.256 e. The van der Waals surface area contributed by atoms with E-state index >= 15 is 0 Å². The van der Waals surface area contributed by atoms with Gasteiger partial charge in [-0.15, -0.1) is 0 Å². The molecule has 1 saturated heterocycles. The first-order valence-corrected chi connectivity index (χ1v) is 8.14. The van der Waals surface area contributed by atoms with E-state index in [2.05, 4.69) is 23.7 Å². The second kappa shape index (κ2) is 7.76. The molecule has 1 aromatic heterocycles. The maximum Gasteiger partial charge on any atom is 0.256 e. The number of hydrogen-bond donors (Lipinski definition) is 0. The summed E-state index contributed by atoms with van der Waals surface area (Å²) in [5.74, 6) is 0.702. The predicted molar refractivity (Wildman–Crippen MR) is 85.7 cm³/mol. The summed E-state index contributed by atoms with van der Waals surface area (Å²) in [7, 11) is 0. The van der Waals surface area contributed by atoms with Gasteiger partial charge in [0.1, 0.15) is 0 Å². The number of amides is 1. The molecule has 1 fully saturated rings. The van der Waals surface area contributed by atoms with E-state index in [1.54, 1.807) is 18.5 Å². The molecule has 0 N–H and O–H groups in total. The second-order valence-corrected chi connectivity index (χ2v) is 5.98. The number of carbonyl (C=O) groups excluding carboxylic acids is 1. The number of halogens is 1. The maximum atomic E-state index is 12.5. The van der Waals surface area contributed by atoms with E-state index in [4.69, 9.17) is 11.6 Å². The fraction of sp³-hybridized carbons (Fsp3) is 0.625. The van der Waals surface area contributed by atoms with Crippen molar-refractivity contribution in [1.82, 2.24) is 14.8 Å². The van der Waals surface area contributed by atoms with E-state index in [1.165, 1.54) is 0 Å². The Morgan fingerprint density at radius 1 is 1.38 bits per heavy atom. The van der Waals surface area contributed by atoms with Crippen LogP contribution in [0.25, 0.3) is 0 Å². The zero-order chi connectivity index (χ0) is 15.2. The molecule has 2 rings (SSSR count). The molecule has 4 nitrogen and oxygen atoms in total. The summed E-state index contributed by atoms with van der Waals surface area (Å²) in [4.78, 5) is 20.8. The molecule has 0 aromatic carbocycles. The normalized spacial score (nSPS) is 16.5. The summed E-state index contributed by atoms with van der Waals surface area (Å²) in [6.07, 6.45) is 5.31. The van der Waals surface area contributed by atoms with Crippen molar-refractivity contribution in [2.45, 2.75) is 26.7 Å². The van der Waals surface area contributed by atoms with Crippen LogP contribution in [0.3, 0.4) is 0 Å². The Morgan fingerprint density at radius 3 is 2.62 bits per heavy atom. The molecule has 0 spiro atoms. The first kappa shape index (κ1) is 16.2. The Kier molecular flexibility index (Phi) is 6.00. The van der Waals surface area contributed by atoms with E-state index in [1.807, 2.05) is 4.90 Å². The number of hydrogen-bond acceptors (Lipinski definition) is 3. The van der Waals surface area contributed by atoms with Crippen molar-refractivity contribution in [3.05, 3.63) is 29.0 Å². The molecule has 0 saturated carbocycles. The average molecular weight is 310 g/mol. The zero-order valence-corrected chi connectivity index (χ0v) is 13.6. The lowest BCUT2D eigenvalue weighted by Crippen LogP contribution is -2.41. The number of likely N-dealkylation sites (tertiary alicyclic amines) is 1. The molecule has 0 radical (unpaired) electrons. The van der Waals surface area contributed by atoms with Crippen molar-refractivity contribution in [3.63, 3.8) is 0 Å². The molecule has 21 heavy (non-hydrogen) atoms. The molecular weight excluding hydrogens is 286 g/mol. The number of aromatic nitrogens is 1. The van der Waals surface area contributed by atoms with E-state index < -0.39 is 0 Å². The monoisotopic (exact) mass is 309 g/mol. The largest absolute Gasteiger partial charge is 0.339 e. The lowest BCUT2D eigenvalue weighted by atomic mass is 9.95. The van der Waals surface area contributed by atoms with E-state index in [0.29, 0.717) is 16.5 Å². The van der Waals surface area contributed by atoms with E-state index in [9.17, 15) is 4.79 Å². The third-order valence-corrected chi connectivity index (χ3v) is 4.64. The molecule has 0 aliphatic carbocycles. The Hall–Kier alpha value is -1.13. The van der Waals surface area contributed by atoms with Gasteiger partial charge in [-0.25, -0.2) is 0 Å². The maximum absolute atomic E-state index is 12.5. The van der Waals surface area contributed by atoms with Crippen LogP contribution in [0, 0.1) is 5.92 Å². The highest BCUT2D eigenvalue weighted by Gasteiger charge is 2.25. The van der Waals surface area contributed by atoms with Crippen LogP contribution in [0.5, 0.6) is 0 Å². The third kappa shape index (κ3) is 4.17. The second-order valence-electron chi connectivity index (χ2n) is 5.58. The van der Waals surface area contributed by atoms with Gasteiger partial charge >= 0.3 is 0 Å². The molecule has 0 bridgehead atoms. The van der Waals surface area contributed by atoms with Crippen LogP contribution in [-0.4, -0.2) is 53.4 Å². The van der Waals surface area contributed by atoms with Crippen molar-refractivity contribution in [2.24, 2.45) is 5.92 Å². The minimum Gasteiger partial charge on any atom is -0.339 e. The zero-order valence-electron chi connectivity index (χ0n) is 12.9. The Labute approximate surface area is 132 Å². The lowest BCUT2D eigenvalue weighted by molar-refractivity contribution is 0.0669. The standard InChI is InChI=1S/C16H24ClN3O/c1-3-19(4-2)12-13-6-9-20(10-7-13)16(21)14-11-18-8-5-15(14)17/h5,8,11,13H,3-4,6-7,9-10,12H2,1-2H3. The number of piperidine rings is 1. The third-order valence-electron chi connectivity index (χ3n) is 4.31. The molecule has 2 heterocycles. The SMILES string of the molecule is CCN(CC)CC1CCN(C(=O)c2cnccc2Cl)CC1. The Balaban J connectivity index is 1.89.